The maximum atomic E-state index is 14.1. The average Bonchev–Trinajstić information content (AvgIpc) is 2.71. The van der Waals surface area contributed by atoms with Gasteiger partial charge in [-0.1, -0.05) is 41.9 Å². The highest BCUT2D eigenvalue weighted by atomic mass is 35.5. The summed E-state index contributed by atoms with van der Waals surface area (Å²) in [6.45, 7) is 1.09. The zero-order valence-electron chi connectivity index (χ0n) is 15.8. The second-order valence-electron chi connectivity index (χ2n) is 6.81. The molecule has 0 spiro atoms. The summed E-state index contributed by atoms with van der Waals surface area (Å²) >= 11 is 5.85. The number of aliphatic hydroxyl groups is 1. The van der Waals surface area contributed by atoms with E-state index in [1.807, 2.05) is 4.90 Å². The van der Waals surface area contributed by atoms with Crippen LogP contribution in [0.3, 0.4) is 0 Å². The summed E-state index contributed by atoms with van der Waals surface area (Å²) in [5.41, 5.74) is 1.40. The van der Waals surface area contributed by atoms with Crippen LogP contribution >= 0.6 is 11.6 Å². The lowest BCUT2D eigenvalue weighted by atomic mass is 10.1. The molecule has 0 aliphatic carbocycles. The van der Waals surface area contributed by atoms with Gasteiger partial charge < -0.3 is 9.84 Å². The van der Waals surface area contributed by atoms with Gasteiger partial charge in [-0.05, 0) is 48.0 Å². The Morgan fingerprint density at radius 1 is 0.897 bits per heavy atom. The van der Waals surface area contributed by atoms with Crippen molar-refractivity contribution < 1.29 is 18.6 Å². The van der Waals surface area contributed by atoms with Crippen molar-refractivity contribution in [1.82, 2.24) is 4.90 Å². The van der Waals surface area contributed by atoms with Gasteiger partial charge in [0, 0.05) is 30.2 Å². The van der Waals surface area contributed by atoms with E-state index >= 15 is 0 Å². The predicted molar refractivity (Wildman–Crippen MR) is 110 cm³/mol. The van der Waals surface area contributed by atoms with Crippen molar-refractivity contribution in [2.45, 2.75) is 19.2 Å². The highest BCUT2D eigenvalue weighted by molar-refractivity contribution is 6.30. The van der Waals surface area contributed by atoms with Gasteiger partial charge in [-0.3, -0.25) is 4.90 Å². The number of hydrogen-bond acceptors (Lipinski definition) is 3. The summed E-state index contributed by atoms with van der Waals surface area (Å²) in [6.07, 6.45) is -0.794. The molecule has 0 unspecified atom stereocenters. The summed E-state index contributed by atoms with van der Waals surface area (Å²) < 4.78 is 32.9. The molecule has 0 bridgehead atoms. The molecule has 0 fully saturated rings. The lowest BCUT2D eigenvalue weighted by molar-refractivity contribution is 0.0624. The van der Waals surface area contributed by atoms with Crippen molar-refractivity contribution in [3.8, 4) is 5.75 Å². The van der Waals surface area contributed by atoms with Crippen molar-refractivity contribution in [2.24, 2.45) is 0 Å². The Morgan fingerprint density at radius 3 is 2.28 bits per heavy atom. The Bertz CT molecular complexity index is 904. The smallest absolute Gasteiger partial charge is 0.127 e. The Balaban J connectivity index is 1.65. The number of hydrogen-bond donors (Lipinski definition) is 1. The van der Waals surface area contributed by atoms with Crippen LogP contribution in [0.4, 0.5) is 8.78 Å². The van der Waals surface area contributed by atoms with E-state index in [-0.39, 0.29) is 24.8 Å². The number of nitrogens with zero attached hydrogens (tertiary/aromatic N) is 1. The maximum Gasteiger partial charge on any atom is 0.127 e. The molecule has 0 aliphatic heterocycles. The SMILES string of the molecule is O[C@H](COc1ccc(Cl)cc1)CN(Cc1ccc(F)cc1)Cc1ccccc1F. The second kappa shape index (κ2) is 10.3. The van der Waals surface area contributed by atoms with Gasteiger partial charge in [-0.25, -0.2) is 8.78 Å². The molecular formula is C23H22ClF2NO2. The van der Waals surface area contributed by atoms with E-state index < -0.39 is 6.10 Å². The number of aliphatic hydroxyl groups excluding tert-OH is 1. The van der Waals surface area contributed by atoms with Gasteiger partial charge in [0.25, 0.3) is 0 Å². The molecule has 0 aromatic heterocycles. The minimum atomic E-state index is -0.794. The Labute approximate surface area is 174 Å². The van der Waals surface area contributed by atoms with Gasteiger partial charge >= 0.3 is 0 Å². The van der Waals surface area contributed by atoms with Crippen LogP contribution in [0, 0.1) is 11.6 Å². The van der Waals surface area contributed by atoms with Crippen molar-refractivity contribution in [2.75, 3.05) is 13.2 Å². The van der Waals surface area contributed by atoms with Crippen LogP contribution in [0.25, 0.3) is 0 Å². The molecule has 1 atom stereocenters. The van der Waals surface area contributed by atoms with Crippen LogP contribution < -0.4 is 4.74 Å². The Morgan fingerprint density at radius 2 is 1.59 bits per heavy atom. The summed E-state index contributed by atoms with van der Waals surface area (Å²) in [5, 5.41) is 11.1. The molecule has 3 aromatic carbocycles. The van der Waals surface area contributed by atoms with E-state index in [1.165, 1.54) is 18.2 Å². The van der Waals surface area contributed by atoms with Gasteiger partial charge in [-0.2, -0.15) is 0 Å². The Hall–Kier alpha value is -2.47. The lowest BCUT2D eigenvalue weighted by Crippen LogP contribution is -2.35. The number of benzene rings is 3. The molecule has 1 N–H and O–H groups in total. The molecule has 0 saturated heterocycles. The van der Waals surface area contributed by atoms with Gasteiger partial charge in [0.2, 0.25) is 0 Å². The van der Waals surface area contributed by atoms with Gasteiger partial charge in [0.05, 0.1) is 0 Å². The monoisotopic (exact) mass is 417 g/mol. The largest absolute Gasteiger partial charge is 0.491 e. The summed E-state index contributed by atoms with van der Waals surface area (Å²) in [6, 6.07) is 19.5. The summed E-state index contributed by atoms with van der Waals surface area (Å²) in [7, 11) is 0. The summed E-state index contributed by atoms with van der Waals surface area (Å²) in [4.78, 5) is 1.90. The quantitative estimate of drug-likeness (QED) is 0.528. The van der Waals surface area contributed by atoms with E-state index in [0.717, 1.165) is 5.56 Å². The van der Waals surface area contributed by atoms with E-state index in [0.29, 0.717) is 29.4 Å². The minimum absolute atomic E-state index is 0.0822. The van der Waals surface area contributed by atoms with Crippen LogP contribution in [0.1, 0.15) is 11.1 Å². The highest BCUT2D eigenvalue weighted by Gasteiger charge is 2.15. The molecule has 3 aromatic rings. The number of rotatable bonds is 9. The molecule has 0 aliphatic rings. The first kappa shape index (κ1) is 21.2. The minimum Gasteiger partial charge on any atom is -0.491 e. The van der Waals surface area contributed by atoms with Gasteiger partial charge in [-0.15, -0.1) is 0 Å². The van der Waals surface area contributed by atoms with E-state index in [9.17, 15) is 13.9 Å². The van der Waals surface area contributed by atoms with E-state index in [1.54, 1.807) is 54.6 Å². The molecule has 152 valence electrons. The van der Waals surface area contributed by atoms with Crippen LogP contribution in [0.2, 0.25) is 5.02 Å². The predicted octanol–water partition coefficient (Wildman–Crippen LogP) is 5.06. The first-order valence-corrected chi connectivity index (χ1v) is 9.64. The molecule has 3 rings (SSSR count). The fourth-order valence-electron chi connectivity index (χ4n) is 2.97. The highest BCUT2D eigenvalue weighted by Crippen LogP contribution is 2.17. The normalized spacial score (nSPS) is 12.2. The van der Waals surface area contributed by atoms with Gasteiger partial charge in [0.15, 0.2) is 0 Å². The molecule has 0 radical (unpaired) electrons. The van der Waals surface area contributed by atoms with Gasteiger partial charge in [0.1, 0.15) is 30.1 Å². The maximum absolute atomic E-state index is 14.1. The fraction of sp³-hybridized carbons (Fsp3) is 0.217. The van der Waals surface area contributed by atoms with E-state index in [2.05, 4.69) is 0 Å². The third kappa shape index (κ3) is 6.82. The molecule has 0 saturated carbocycles. The lowest BCUT2D eigenvalue weighted by Gasteiger charge is -2.25. The second-order valence-corrected chi connectivity index (χ2v) is 7.24. The zero-order chi connectivity index (χ0) is 20.6. The standard InChI is InChI=1S/C23H22ClF2NO2/c24-19-7-11-22(12-8-19)29-16-21(28)15-27(13-17-5-9-20(25)10-6-17)14-18-3-1-2-4-23(18)26/h1-12,21,28H,13-16H2/t21-/m0/s1. The van der Waals surface area contributed by atoms with Crippen molar-refractivity contribution in [1.29, 1.82) is 0 Å². The van der Waals surface area contributed by atoms with Crippen molar-refractivity contribution >= 4 is 11.6 Å². The van der Waals surface area contributed by atoms with Crippen LogP contribution in [0.5, 0.6) is 5.75 Å². The summed E-state index contributed by atoms with van der Waals surface area (Å²) in [5.74, 6) is -0.0121. The van der Waals surface area contributed by atoms with E-state index in [4.69, 9.17) is 16.3 Å². The molecule has 0 amide bonds. The number of ether oxygens (including phenoxy) is 1. The topological polar surface area (TPSA) is 32.7 Å². The molecule has 0 heterocycles. The molecule has 29 heavy (non-hydrogen) atoms. The van der Waals surface area contributed by atoms with Crippen molar-refractivity contribution in [3.05, 3.63) is 101 Å². The first-order valence-electron chi connectivity index (χ1n) is 9.26. The molecule has 6 heteroatoms. The van der Waals surface area contributed by atoms with Crippen LogP contribution in [-0.2, 0) is 13.1 Å². The fourth-order valence-corrected chi connectivity index (χ4v) is 3.10. The Kier molecular flexibility index (Phi) is 7.58. The van der Waals surface area contributed by atoms with Crippen molar-refractivity contribution in [3.63, 3.8) is 0 Å². The molecular weight excluding hydrogens is 396 g/mol. The average molecular weight is 418 g/mol. The molecule has 3 nitrogen and oxygen atoms in total. The third-order valence-corrected chi connectivity index (χ3v) is 4.65. The van der Waals surface area contributed by atoms with Crippen LogP contribution in [-0.4, -0.2) is 29.3 Å². The number of halogens is 3. The zero-order valence-corrected chi connectivity index (χ0v) is 16.5. The van der Waals surface area contributed by atoms with Crippen LogP contribution in [0.15, 0.2) is 72.8 Å². The first-order chi connectivity index (χ1) is 14.0. The third-order valence-electron chi connectivity index (χ3n) is 4.40.